The van der Waals surface area contributed by atoms with Gasteiger partial charge in [0.2, 0.25) is 0 Å². The van der Waals surface area contributed by atoms with Crippen molar-refractivity contribution in [3.8, 4) is 0 Å². The standard InChI is InChI=1S/C11H13N3/c1-8-4-3-7-14-11(8)12-10(13-14)9-5-2-6-9/h3-4,7,9H,2,5-6H2,1H3. The Labute approximate surface area is 82.8 Å². The van der Waals surface area contributed by atoms with Crippen LogP contribution in [0.1, 0.15) is 36.6 Å². The first-order valence-corrected chi connectivity index (χ1v) is 5.16. The molecule has 1 aliphatic carbocycles. The van der Waals surface area contributed by atoms with Gasteiger partial charge in [-0.05, 0) is 31.4 Å². The molecule has 0 amide bonds. The Balaban J connectivity index is 2.15. The Morgan fingerprint density at radius 1 is 1.43 bits per heavy atom. The van der Waals surface area contributed by atoms with Crippen molar-refractivity contribution in [2.75, 3.05) is 0 Å². The summed E-state index contributed by atoms with van der Waals surface area (Å²) in [6.45, 7) is 2.08. The van der Waals surface area contributed by atoms with Crippen LogP contribution in [0.3, 0.4) is 0 Å². The summed E-state index contributed by atoms with van der Waals surface area (Å²) in [4.78, 5) is 4.59. The Morgan fingerprint density at radius 3 is 2.93 bits per heavy atom. The van der Waals surface area contributed by atoms with Gasteiger partial charge in [-0.25, -0.2) is 9.50 Å². The van der Waals surface area contributed by atoms with Gasteiger partial charge in [0.15, 0.2) is 11.5 Å². The smallest absolute Gasteiger partial charge is 0.158 e. The topological polar surface area (TPSA) is 30.2 Å². The zero-order valence-corrected chi connectivity index (χ0v) is 8.27. The van der Waals surface area contributed by atoms with E-state index in [9.17, 15) is 0 Å². The fourth-order valence-electron chi connectivity index (χ4n) is 1.90. The van der Waals surface area contributed by atoms with E-state index in [4.69, 9.17) is 0 Å². The average molecular weight is 187 g/mol. The van der Waals surface area contributed by atoms with E-state index in [0.717, 1.165) is 11.5 Å². The molecular formula is C11H13N3. The molecule has 0 aliphatic heterocycles. The van der Waals surface area contributed by atoms with Gasteiger partial charge in [-0.2, -0.15) is 5.10 Å². The van der Waals surface area contributed by atoms with E-state index < -0.39 is 0 Å². The molecular weight excluding hydrogens is 174 g/mol. The van der Waals surface area contributed by atoms with Crippen molar-refractivity contribution >= 4 is 5.65 Å². The van der Waals surface area contributed by atoms with Crippen LogP contribution in [0, 0.1) is 6.92 Å². The van der Waals surface area contributed by atoms with Crippen LogP contribution < -0.4 is 0 Å². The molecule has 0 saturated heterocycles. The van der Waals surface area contributed by atoms with Gasteiger partial charge in [-0.1, -0.05) is 12.5 Å². The molecule has 0 aromatic carbocycles. The van der Waals surface area contributed by atoms with Gasteiger partial charge in [0, 0.05) is 12.1 Å². The van der Waals surface area contributed by atoms with Crippen LogP contribution in [0.5, 0.6) is 0 Å². The second-order valence-electron chi connectivity index (χ2n) is 4.06. The quantitative estimate of drug-likeness (QED) is 0.685. The van der Waals surface area contributed by atoms with E-state index in [1.165, 1.54) is 24.8 Å². The number of pyridine rings is 1. The third-order valence-electron chi connectivity index (χ3n) is 3.04. The van der Waals surface area contributed by atoms with Gasteiger partial charge in [0.25, 0.3) is 0 Å². The first kappa shape index (κ1) is 7.97. The normalized spacial score (nSPS) is 17.2. The third kappa shape index (κ3) is 1.05. The molecule has 3 rings (SSSR count). The van der Waals surface area contributed by atoms with Crippen molar-refractivity contribution in [2.24, 2.45) is 0 Å². The van der Waals surface area contributed by atoms with Crippen molar-refractivity contribution in [3.05, 3.63) is 29.7 Å². The molecule has 0 spiro atoms. The molecule has 3 nitrogen and oxygen atoms in total. The number of rotatable bonds is 1. The second-order valence-corrected chi connectivity index (χ2v) is 4.06. The Kier molecular flexibility index (Phi) is 1.60. The molecule has 14 heavy (non-hydrogen) atoms. The number of hydrogen-bond donors (Lipinski definition) is 0. The van der Waals surface area contributed by atoms with Gasteiger partial charge < -0.3 is 0 Å². The summed E-state index contributed by atoms with van der Waals surface area (Å²) in [7, 11) is 0. The lowest BCUT2D eigenvalue weighted by Crippen LogP contribution is -2.10. The summed E-state index contributed by atoms with van der Waals surface area (Å²) in [5.41, 5.74) is 2.21. The summed E-state index contributed by atoms with van der Waals surface area (Å²) >= 11 is 0. The molecule has 1 saturated carbocycles. The van der Waals surface area contributed by atoms with E-state index in [2.05, 4.69) is 23.1 Å². The highest BCUT2D eigenvalue weighted by Crippen LogP contribution is 2.34. The third-order valence-corrected chi connectivity index (χ3v) is 3.04. The number of fused-ring (bicyclic) bond motifs is 1. The van der Waals surface area contributed by atoms with E-state index in [1.54, 1.807) is 0 Å². The molecule has 0 atom stereocenters. The molecule has 1 aliphatic rings. The molecule has 1 fully saturated rings. The van der Waals surface area contributed by atoms with Crippen molar-refractivity contribution in [3.63, 3.8) is 0 Å². The SMILES string of the molecule is Cc1cccn2nc(C3CCC3)nc12. The summed E-state index contributed by atoms with van der Waals surface area (Å²) in [5, 5.41) is 4.50. The van der Waals surface area contributed by atoms with Gasteiger partial charge in [0.1, 0.15) is 0 Å². The van der Waals surface area contributed by atoms with Gasteiger partial charge in [0.05, 0.1) is 0 Å². The highest BCUT2D eigenvalue weighted by atomic mass is 15.3. The average Bonchev–Trinajstić information content (AvgIpc) is 2.46. The number of aryl methyl sites for hydroxylation is 1. The molecule has 2 aromatic rings. The molecule has 2 aromatic heterocycles. The monoisotopic (exact) mass is 187 g/mol. The number of nitrogens with zero attached hydrogens (tertiary/aromatic N) is 3. The predicted octanol–water partition coefficient (Wildman–Crippen LogP) is 2.31. The van der Waals surface area contributed by atoms with Gasteiger partial charge >= 0.3 is 0 Å². The fraction of sp³-hybridized carbons (Fsp3) is 0.455. The van der Waals surface area contributed by atoms with Gasteiger partial charge in [-0.3, -0.25) is 0 Å². The van der Waals surface area contributed by atoms with Crippen molar-refractivity contribution in [1.82, 2.24) is 14.6 Å². The van der Waals surface area contributed by atoms with Crippen molar-refractivity contribution in [1.29, 1.82) is 0 Å². The second kappa shape index (κ2) is 2.80. The van der Waals surface area contributed by atoms with E-state index in [1.807, 2.05) is 16.8 Å². The number of aromatic nitrogens is 3. The first-order chi connectivity index (χ1) is 6.84. The fourth-order valence-corrected chi connectivity index (χ4v) is 1.90. The maximum Gasteiger partial charge on any atom is 0.158 e. The lowest BCUT2D eigenvalue weighted by Gasteiger charge is -2.21. The van der Waals surface area contributed by atoms with Crippen molar-refractivity contribution in [2.45, 2.75) is 32.1 Å². The molecule has 0 radical (unpaired) electrons. The predicted molar refractivity (Wildman–Crippen MR) is 54.3 cm³/mol. The maximum atomic E-state index is 4.59. The lowest BCUT2D eigenvalue weighted by atomic mass is 9.85. The van der Waals surface area contributed by atoms with Gasteiger partial charge in [-0.15, -0.1) is 0 Å². The Morgan fingerprint density at radius 2 is 2.29 bits per heavy atom. The minimum Gasteiger partial charge on any atom is -0.221 e. The number of hydrogen-bond acceptors (Lipinski definition) is 2. The van der Waals surface area contributed by atoms with Crippen LogP contribution in [0.15, 0.2) is 18.3 Å². The molecule has 0 unspecified atom stereocenters. The minimum atomic E-state index is 0.620. The summed E-state index contributed by atoms with van der Waals surface area (Å²) < 4.78 is 1.89. The van der Waals surface area contributed by atoms with E-state index >= 15 is 0 Å². The summed E-state index contributed by atoms with van der Waals surface area (Å²) in [5.74, 6) is 1.65. The maximum absolute atomic E-state index is 4.59. The molecule has 3 heteroatoms. The zero-order chi connectivity index (χ0) is 9.54. The lowest BCUT2D eigenvalue weighted by molar-refractivity contribution is 0.402. The van der Waals surface area contributed by atoms with Crippen LogP contribution in [-0.2, 0) is 0 Å². The highest BCUT2D eigenvalue weighted by molar-refractivity contribution is 5.46. The molecule has 72 valence electrons. The van der Waals surface area contributed by atoms with Crippen LogP contribution in [0.4, 0.5) is 0 Å². The first-order valence-electron chi connectivity index (χ1n) is 5.16. The zero-order valence-electron chi connectivity index (χ0n) is 8.27. The van der Waals surface area contributed by atoms with Crippen LogP contribution in [-0.4, -0.2) is 14.6 Å². The van der Waals surface area contributed by atoms with Crippen LogP contribution >= 0.6 is 0 Å². The summed E-state index contributed by atoms with van der Waals surface area (Å²) in [6.07, 6.45) is 5.82. The highest BCUT2D eigenvalue weighted by Gasteiger charge is 2.23. The Hall–Kier alpha value is -1.38. The minimum absolute atomic E-state index is 0.620. The molecule has 2 heterocycles. The molecule has 0 bridgehead atoms. The van der Waals surface area contributed by atoms with Crippen molar-refractivity contribution < 1.29 is 0 Å². The van der Waals surface area contributed by atoms with Crippen LogP contribution in [0.25, 0.3) is 5.65 Å². The Bertz CT molecular complexity index is 468. The van der Waals surface area contributed by atoms with E-state index in [-0.39, 0.29) is 0 Å². The van der Waals surface area contributed by atoms with Crippen LogP contribution in [0.2, 0.25) is 0 Å². The summed E-state index contributed by atoms with van der Waals surface area (Å²) in [6, 6.07) is 4.09. The van der Waals surface area contributed by atoms with E-state index in [0.29, 0.717) is 5.92 Å². The largest absolute Gasteiger partial charge is 0.221 e. The molecule has 0 N–H and O–H groups in total.